The number of aliphatic hydroxyl groups is 2. The number of carbonyl (C=O) groups is 1. The van der Waals surface area contributed by atoms with Gasteiger partial charge in [0.2, 0.25) is 0 Å². The van der Waals surface area contributed by atoms with Crippen molar-refractivity contribution in [3.05, 3.63) is 58.1 Å². The molecule has 0 radical (unpaired) electrons. The number of fused-ring (bicyclic) bond motifs is 3. The molecule has 11 heteroatoms. The van der Waals surface area contributed by atoms with Crippen molar-refractivity contribution in [3.8, 4) is 0 Å². The topological polar surface area (TPSA) is 155 Å². The molecule has 1 saturated heterocycles. The second-order valence-electron chi connectivity index (χ2n) is 9.28. The first-order valence-corrected chi connectivity index (χ1v) is 11.8. The zero-order chi connectivity index (χ0) is 25.1. The van der Waals surface area contributed by atoms with E-state index in [9.17, 15) is 19.8 Å². The van der Waals surface area contributed by atoms with E-state index in [1.54, 1.807) is 50.2 Å². The van der Waals surface area contributed by atoms with Crippen LogP contribution in [0.3, 0.4) is 0 Å². The molecule has 1 fully saturated rings. The number of hydrogen-bond donors (Lipinski definition) is 4. The Labute approximate surface area is 204 Å². The molecule has 2 aromatic carbocycles. The number of ether oxygens (including phenoxy) is 1. The molecular formula is C24H25N5O5S. The lowest BCUT2D eigenvalue weighted by atomic mass is 9.93. The largest absolute Gasteiger partial charge is 0.386 e. The van der Waals surface area contributed by atoms with Gasteiger partial charge in [-0.2, -0.15) is 9.36 Å². The summed E-state index contributed by atoms with van der Waals surface area (Å²) in [7, 11) is 0. The Morgan fingerprint density at radius 3 is 2.80 bits per heavy atom. The summed E-state index contributed by atoms with van der Waals surface area (Å²) in [5.41, 5.74) is 4.18. The van der Waals surface area contributed by atoms with Crippen molar-refractivity contribution in [3.63, 3.8) is 0 Å². The third-order valence-electron chi connectivity index (χ3n) is 6.40. The third kappa shape index (κ3) is 3.76. The van der Waals surface area contributed by atoms with Crippen LogP contribution in [0.2, 0.25) is 0 Å². The highest BCUT2D eigenvalue weighted by Gasteiger charge is 2.49. The molecule has 0 aliphatic carbocycles. The fraction of sp³-hybridized carbons (Fsp3) is 0.333. The molecule has 4 aromatic rings. The summed E-state index contributed by atoms with van der Waals surface area (Å²) >= 11 is 1.10. The lowest BCUT2D eigenvalue weighted by molar-refractivity contribution is -0.167. The number of H-pyrrole nitrogens is 1. The third-order valence-corrected chi connectivity index (χ3v) is 7.29. The summed E-state index contributed by atoms with van der Waals surface area (Å²) in [5, 5.41) is 22.6. The van der Waals surface area contributed by atoms with Crippen LogP contribution < -0.4 is 16.2 Å². The van der Waals surface area contributed by atoms with Crippen LogP contribution >= 0.6 is 11.5 Å². The molecular weight excluding hydrogens is 470 g/mol. The van der Waals surface area contributed by atoms with Gasteiger partial charge in [-0.3, -0.25) is 9.59 Å². The van der Waals surface area contributed by atoms with E-state index in [1.165, 1.54) is 11.8 Å². The highest BCUT2D eigenvalue weighted by molar-refractivity contribution is 7.14. The summed E-state index contributed by atoms with van der Waals surface area (Å²) in [6.07, 6.45) is -1.55. The van der Waals surface area contributed by atoms with Crippen LogP contribution in [0.1, 0.15) is 38.3 Å². The van der Waals surface area contributed by atoms with E-state index >= 15 is 0 Å². The average Bonchev–Trinajstić information content (AvgIpc) is 3.20. The monoisotopic (exact) mass is 495 g/mol. The molecule has 3 heterocycles. The number of nitrogens with one attached hydrogen (secondary N) is 1. The Morgan fingerprint density at radius 1 is 1.29 bits per heavy atom. The maximum absolute atomic E-state index is 13.6. The van der Waals surface area contributed by atoms with Crippen LogP contribution in [-0.2, 0) is 15.1 Å². The van der Waals surface area contributed by atoms with Gasteiger partial charge < -0.3 is 30.6 Å². The van der Waals surface area contributed by atoms with E-state index in [0.29, 0.717) is 38.1 Å². The van der Waals surface area contributed by atoms with Crippen LogP contribution in [0.5, 0.6) is 0 Å². The lowest BCUT2D eigenvalue weighted by Gasteiger charge is -2.41. The molecule has 0 bridgehead atoms. The van der Waals surface area contributed by atoms with Crippen molar-refractivity contribution in [1.29, 1.82) is 0 Å². The number of nitrogen functional groups attached to an aromatic ring is 1. The van der Waals surface area contributed by atoms with Crippen molar-refractivity contribution in [2.45, 2.75) is 38.1 Å². The molecule has 1 amide bonds. The molecule has 182 valence electrons. The SMILES string of the molecule is CC(C)(O)c1cccc(N2CCOC(C)([C@@H](O)c3nc(=O)c4c(ccc5c(N)nsc54)[nH]3)C2=O)c1. The van der Waals surface area contributed by atoms with E-state index in [0.717, 1.165) is 11.5 Å². The molecule has 5 N–H and O–H groups in total. The van der Waals surface area contributed by atoms with Crippen LogP contribution in [0, 0.1) is 0 Å². The highest BCUT2D eigenvalue weighted by Crippen LogP contribution is 2.36. The molecule has 10 nitrogen and oxygen atoms in total. The highest BCUT2D eigenvalue weighted by atomic mass is 32.1. The number of aromatic amines is 1. The molecule has 2 atom stereocenters. The molecule has 5 rings (SSSR count). The predicted octanol–water partition coefficient (Wildman–Crippen LogP) is 2.20. The molecule has 1 aliphatic rings. The Hall–Kier alpha value is -3.38. The number of benzene rings is 2. The van der Waals surface area contributed by atoms with E-state index in [-0.39, 0.29) is 19.0 Å². The fourth-order valence-electron chi connectivity index (χ4n) is 4.34. The Bertz CT molecular complexity index is 1520. The van der Waals surface area contributed by atoms with Gasteiger partial charge >= 0.3 is 0 Å². The van der Waals surface area contributed by atoms with Crippen LogP contribution in [-0.4, -0.2) is 49.2 Å². The van der Waals surface area contributed by atoms with Crippen molar-refractivity contribution < 1.29 is 19.7 Å². The molecule has 1 aliphatic heterocycles. The molecule has 2 aromatic heterocycles. The average molecular weight is 496 g/mol. The predicted molar refractivity (Wildman–Crippen MR) is 133 cm³/mol. The second kappa shape index (κ2) is 8.09. The quantitative estimate of drug-likeness (QED) is 0.336. The van der Waals surface area contributed by atoms with Crippen molar-refractivity contribution in [2.75, 3.05) is 23.8 Å². The van der Waals surface area contributed by atoms with Gasteiger partial charge in [-0.05, 0) is 62.1 Å². The zero-order valence-corrected chi connectivity index (χ0v) is 20.2. The van der Waals surface area contributed by atoms with Crippen LogP contribution in [0.15, 0.2) is 41.2 Å². The van der Waals surface area contributed by atoms with Gasteiger partial charge in [0.1, 0.15) is 17.7 Å². The Morgan fingerprint density at radius 2 is 2.06 bits per heavy atom. The number of nitrogens with two attached hydrogens (primary N) is 1. The van der Waals surface area contributed by atoms with E-state index in [1.807, 2.05) is 0 Å². The summed E-state index contributed by atoms with van der Waals surface area (Å²) in [6.45, 7) is 5.23. The first kappa shape index (κ1) is 23.4. The first-order chi connectivity index (χ1) is 16.5. The van der Waals surface area contributed by atoms with Crippen molar-refractivity contribution >= 4 is 49.9 Å². The minimum atomic E-state index is -1.70. The van der Waals surface area contributed by atoms with E-state index in [4.69, 9.17) is 10.5 Å². The zero-order valence-electron chi connectivity index (χ0n) is 19.4. The van der Waals surface area contributed by atoms with Crippen LogP contribution in [0.4, 0.5) is 11.5 Å². The van der Waals surface area contributed by atoms with Gasteiger partial charge in [0.25, 0.3) is 11.5 Å². The van der Waals surface area contributed by atoms with Gasteiger partial charge in [-0.1, -0.05) is 12.1 Å². The Kier molecular flexibility index (Phi) is 5.40. The Balaban J connectivity index is 1.53. The standard InChI is InChI=1S/C24H25N5O5S/c1-23(2,33)12-5-4-6-13(11-12)29-9-10-34-24(3,22(29)32)18(30)20-26-15-8-7-14-17(35-28-19(14)25)16(15)21(31)27-20/h4-8,11,18,30,33H,9-10H2,1-3H3,(H2,25,28)(H,26,27,31)/t18-,24?/m0/s1. The van der Waals surface area contributed by atoms with Crippen LogP contribution in [0.25, 0.3) is 21.0 Å². The number of morpholine rings is 1. The minimum absolute atomic E-state index is 0.0812. The fourth-order valence-corrected chi connectivity index (χ4v) is 5.19. The van der Waals surface area contributed by atoms with Gasteiger partial charge in [0.05, 0.1) is 27.8 Å². The summed E-state index contributed by atoms with van der Waals surface area (Å²) in [6, 6.07) is 10.4. The van der Waals surface area contributed by atoms with E-state index in [2.05, 4.69) is 14.3 Å². The maximum Gasteiger partial charge on any atom is 0.282 e. The molecule has 0 spiro atoms. The summed E-state index contributed by atoms with van der Waals surface area (Å²) in [5.74, 6) is -0.238. The number of nitrogens with zero attached hydrogens (tertiary/aromatic N) is 3. The van der Waals surface area contributed by atoms with Gasteiger partial charge in [0.15, 0.2) is 5.60 Å². The number of hydrogen-bond acceptors (Lipinski definition) is 9. The molecule has 1 unspecified atom stereocenters. The number of anilines is 2. The minimum Gasteiger partial charge on any atom is -0.386 e. The van der Waals surface area contributed by atoms with Crippen molar-refractivity contribution in [1.82, 2.24) is 14.3 Å². The summed E-state index contributed by atoms with van der Waals surface area (Å²) < 4.78 is 10.5. The molecule has 35 heavy (non-hydrogen) atoms. The number of carbonyl (C=O) groups excluding carboxylic acids is 1. The number of aliphatic hydroxyl groups excluding tert-OH is 1. The summed E-state index contributed by atoms with van der Waals surface area (Å²) in [4.78, 5) is 35.1. The van der Waals surface area contributed by atoms with Gasteiger partial charge in [0, 0.05) is 17.6 Å². The number of aromatic nitrogens is 3. The van der Waals surface area contributed by atoms with E-state index < -0.39 is 28.8 Å². The normalized spacial score (nSPS) is 20.0. The van der Waals surface area contributed by atoms with Gasteiger partial charge in [-0.15, -0.1) is 0 Å². The molecule has 0 saturated carbocycles. The second-order valence-corrected chi connectivity index (χ2v) is 10.1. The smallest absolute Gasteiger partial charge is 0.282 e. The first-order valence-electron chi connectivity index (χ1n) is 11.1. The number of amides is 1. The van der Waals surface area contributed by atoms with Gasteiger partial charge in [-0.25, -0.2) is 0 Å². The maximum atomic E-state index is 13.6. The lowest BCUT2D eigenvalue weighted by Crippen LogP contribution is -2.58. The number of rotatable bonds is 4. The van der Waals surface area contributed by atoms with Crippen molar-refractivity contribution in [2.24, 2.45) is 0 Å².